The predicted octanol–water partition coefficient (Wildman–Crippen LogP) is 2.40. The molecule has 112 valence electrons. The van der Waals surface area contributed by atoms with E-state index in [0.29, 0.717) is 0 Å². The normalized spacial score (nSPS) is 15.9. The zero-order chi connectivity index (χ0) is 13.9. The Balaban J connectivity index is 1.97. The third kappa shape index (κ3) is 8.09. The highest BCUT2D eigenvalue weighted by atomic mass is 16.5. The fraction of sp³-hybridized carbons (Fsp3) is 0.933. The molecule has 0 saturated heterocycles. The summed E-state index contributed by atoms with van der Waals surface area (Å²) in [4.78, 5) is 4.24. The van der Waals surface area contributed by atoms with Gasteiger partial charge in [0.15, 0.2) is 5.96 Å². The van der Waals surface area contributed by atoms with Crippen LogP contribution in [0.4, 0.5) is 0 Å². The van der Waals surface area contributed by atoms with Crippen LogP contribution in [-0.4, -0.2) is 39.3 Å². The van der Waals surface area contributed by atoms with E-state index in [-0.39, 0.29) is 0 Å². The van der Waals surface area contributed by atoms with Gasteiger partial charge in [-0.1, -0.05) is 26.7 Å². The van der Waals surface area contributed by atoms with Crippen LogP contribution >= 0.6 is 0 Å². The molecule has 1 fully saturated rings. The Bertz CT molecular complexity index is 248. The lowest BCUT2D eigenvalue weighted by Crippen LogP contribution is -2.40. The number of hydrogen-bond donors (Lipinski definition) is 2. The summed E-state index contributed by atoms with van der Waals surface area (Å²) in [5, 5.41) is 6.72. The van der Waals surface area contributed by atoms with Crippen molar-refractivity contribution in [3.63, 3.8) is 0 Å². The minimum absolute atomic E-state index is 0.737. The number of guanidine groups is 1. The van der Waals surface area contributed by atoms with Gasteiger partial charge >= 0.3 is 0 Å². The van der Waals surface area contributed by atoms with Crippen molar-refractivity contribution >= 4 is 5.96 Å². The van der Waals surface area contributed by atoms with E-state index in [4.69, 9.17) is 4.74 Å². The molecule has 0 amide bonds. The molecule has 0 atom stereocenters. The zero-order valence-corrected chi connectivity index (χ0v) is 12.9. The summed E-state index contributed by atoms with van der Waals surface area (Å²) < 4.78 is 5.61. The van der Waals surface area contributed by atoms with Gasteiger partial charge in [-0.25, -0.2) is 0 Å². The second kappa shape index (κ2) is 10.1. The number of hydrogen-bond acceptors (Lipinski definition) is 2. The molecule has 4 nitrogen and oxygen atoms in total. The minimum Gasteiger partial charge on any atom is -0.381 e. The first-order valence-corrected chi connectivity index (χ1v) is 7.82. The lowest BCUT2D eigenvalue weighted by molar-refractivity contribution is 0.123. The molecule has 0 radical (unpaired) electrons. The fourth-order valence-corrected chi connectivity index (χ4v) is 1.95. The summed E-state index contributed by atoms with van der Waals surface area (Å²) >= 11 is 0. The number of nitrogens with one attached hydrogen (secondary N) is 2. The largest absolute Gasteiger partial charge is 0.381 e. The quantitative estimate of drug-likeness (QED) is 0.364. The molecule has 0 spiro atoms. The number of aliphatic imine (C=N–C) groups is 1. The van der Waals surface area contributed by atoms with E-state index in [0.717, 1.165) is 50.5 Å². The molecule has 0 aromatic heterocycles. The van der Waals surface area contributed by atoms with Crippen LogP contribution in [0, 0.1) is 11.8 Å². The average Bonchev–Trinajstić information content (AvgIpc) is 3.25. The molecule has 1 aliphatic carbocycles. The van der Waals surface area contributed by atoms with Crippen molar-refractivity contribution in [2.75, 3.05) is 33.4 Å². The van der Waals surface area contributed by atoms with Crippen LogP contribution in [0.15, 0.2) is 4.99 Å². The first kappa shape index (κ1) is 16.3. The van der Waals surface area contributed by atoms with Crippen LogP contribution in [0.25, 0.3) is 0 Å². The van der Waals surface area contributed by atoms with Crippen molar-refractivity contribution in [1.29, 1.82) is 0 Å². The van der Waals surface area contributed by atoms with E-state index >= 15 is 0 Å². The smallest absolute Gasteiger partial charge is 0.190 e. The molecular weight excluding hydrogens is 238 g/mol. The molecule has 1 aliphatic rings. The highest BCUT2D eigenvalue weighted by molar-refractivity contribution is 5.79. The third-order valence-corrected chi connectivity index (χ3v) is 3.74. The van der Waals surface area contributed by atoms with Gasteiger partial charge in [0.05, 0.1) is 0 Å². The van der Waals surface area contributed by atoms with Crippen molar-refractivity contribution in [3.05, 3.63) is 0 Å². The van der Waals surface area contributed by atoms with Gasteiger partial charge in [-0.15, -0.1) is 0 Å². The van der Waals surface area contributed by atoms with Crippen molar-refractivity contribution in [2.24, 2.45) is 16.8 Å². The van der Waals surface area contributed by atoms with Gasteiger partial charge in [-0.3, -0.25) is 4.99 Å². The van der Waals surface area contributed by atoms with Crippen molar-refractivity contribution in [2.45, 2.75) is 46.0 Å². The Morgan fingerprint density at radius 1 is 1.26 bits per heavy atom. The van der Waals surface area contributed by atoms with Crippen LogP contribution in [-0.2, 0) is 4.74 Å². The van der Waals surface area contributed by atoms with Gasteiger partial charge < -0.3 is 15.4 Å². The Kier molecular flexibility index (Phi) is 8.63. The van der Waals surface area contributed by atoms with Crippen LogP contribution < -0.4 is 10.6 Å². The summed E-state index contributed by atoms with van der Waals surface area (Å²) in [6.45, 7) is 8.22. The Morgan fingerprint density at radius 3 is 2.58 bits per heavy atom. The summed E-state index contributed by atoms with van der Waals surface area (Å²) in [5.74, 6) is 2.51. The van der Waals surface area contributed by atoms with Gasteiger partial charge in [0, 0.05) is 33.4 Å². The van der Waals surface area contributed by atoms with Gasteiger partial charge in [-0.2, -0.15) is 0 Å². The maximum absolute atomic E-state index is 5.61. The highest BCUT2D eigenvalue weighted by Gasteiger charge is 2.20. The number of nitrogens with zero attached hydrogens (tertiary/aromatic N) is 1. The Labute approximate surface area is 118 Å². The monoisotopic (exact) mass is 269 g/mol. The lowest BCUT2D eigenvalue weighted by atomic mass is 10.0. The Hall–Kier alpha value is -0.770. The second-order valence-corrected chi connectivity index (χ2v) is 5.43. The van der Waals surface area contributed by atoms with E-state index in [1.807, 2.05) is 7.05 Å². The van der Waals surface area contributed by atoms with E-state index in [9.17, 15) is 0 Å². The first-order chi connectivity index (χ1) is 9.30. The van der Waals surface area contributed by atoms with Gasteiger partial charge in [0.25, 0.3) is 0 Å². The van der Waals surface area contributed by atoms with Gasteiger partial charge in [0.2, 0.25) is 0 Å². The molecule has 0 unspecified atom stereocenters. The maximum Gasteiger partial charge on any atom is 0.190 e. The molecule has 1 saturated carbocycles. The van der Waals surface area contributed by atoms with E-state index in [1.165, 1.54) is 25.7 Å². The van der Waals surface area contributed by atoms with Crippen LogP contribution in [0.1, 0.15) is 46.0 Å². The molecule has 4 heteroatoms. The standard InChI is InChI=1S/C15H31N3O/c1-4-13(5-2)11-18-15(16-3)17-9-6-10-19-12-14-7-8-14/h13-14H,4-12H2,1-3H3,(H2,16,17,18). The minimum atomic E-state index is 0.737. The summed E-state index contributed by atoms with van der Waals surface area (Å²) in [6.07, 6.45) is 6.21. The van der Waals surface area contributed by atoms with Crippen LogP contribution in [0.5, 0.6) is 0 Å². The highest BCUT2D eigenvalue weighted by Crippen LogP contribution is 2.28. The van der Waals surface area contributed by atoms with Crippen molar-refractivity contribution in [1.82, 2.24) is 10.6 Å². The van der Waals surface area contributed by atoms with E-state index < -0.39 is 0 Å². The summed E-state index contributed by atoms with van der Waals surface area (Å²) in [6, 6.07) is 0. The molecule has 1 rings (SSSR count). The van der Waals surface area contributed by atoms with E-state index in [2.05, 4.69) is 29.5 Å². The molecule has 2 N–H and O–H groups in total. The SMILES string of the molecule is CCC(CC)CNC(=NC)NCCCOCC1CC1. The molecule has 0 bridgehead atoms. The molecule has 0 heterocycles. The zero-order valence-electron chi connectivity index (χ0n) is 12.9. The molecule has 0 aromatic carbocycles. The molecule has 0 aromatic rings. The van der Waals surface area contributed by atoms with E-state index in [1.54, 1.807) is 0 Å². The predicted molar refractivity (Wildman–Crippen MR) is 81.6 cm³/mol. The topological polar surface area (TPSA) is 45.7 Å². The first-order valence-electron chi connectivity index (χ1n) is 7.82. The number of rotatable bonds is 10. The van der Waals surface area contributed by atoms with Crippen molar-refractivity contribution < 1.29 is 4.74 Å². The fourth-order valence-electron chi connectivity index (χ4n) is 1.95. The summed E-state index contributed by atoms with van der Waals surface area (Å²) in [7, 11) is 1.83. The van der Waals surface area contributed by atoms with Gasteiger partial charge in [0.1, 0.15) is 0 Å². The number of ether oxygens (including phenoxy) is 1. The lowest BCUT2D eigenvalue weighted by Gasteiger charge is -2.16. The van der Waals surface area contributed by atoms with Gasteiger partial charge in [-0.05, 0) is 31.1 Å². The molecule has 0 aliphatic heterocycles. The summed E-state index contributed by atoms with van der Waals surface area (Å²) in [5.41, 5.74) is 0. The van der Waals surface area contributed by atoms with Crippen molar-refractivity contribution in [3.8, 4) is 0 Å². The van der Waals surface area contributed by atoms with Crippen LogP contribution in [0.2, 0.25) is 0 Å². The second-order valence-electron chi connectivity index (χ2n) is 5.43. The average molecular weight is 269 g/mol. The van der Waals surface area contributed by atoms with Crippen LogP contribution in [0.3, 0.4) is 0 Å². The third-order valence-electron chi connectivity index (χ3n) is 3.74. The molecular formula is C15H31N3O. The Morgan fingerprint density at radius 2 is 2.00 bits per heavy atom. The maximum atomic E-state index is 5.61. The molecule has 19 heavy (non-hydrogen) atoms.